The van der Waals surface area contributed by atoms with Crippen LogP contribution in [0, 0.1) is 0 Å². The summed E-state index contributed by atoms with van der Waals surface area (Å²) in [6.07, 6.45) is -28.9. The van der Waals surface area contributed by atoms with E-state index in [1.807, 2.05) is 0 Å². The molecule has 19 atom stereocenters. The molecular formula is C28H53NO20. The van der Waals surface area contributed by atoms with Gasteiger partial charge in [0.05, 0.1) is 38.6 Å². The second-order valence-corrected chi connectivity index (χ2v) is 12.4. The molecule has 15 N–H and O–H groups in total. The Morgan fingerprint density at radius 3 is 1.84 bits per heavy atom. The molecule has 15 unspecified atom stereocenters. The summed E-state index contributed by atoms with van der Waals surface area (Å²) in [5.74, 6) is 0. The van der Waals surface area contributed by atoms with E-state index in [4.69, 9.17) is 33.5 Å². The fourth-order valence-corrected chi connectivity index (χ4v) is 5.57. The molecule has 0 aromatic heterocycles. The minimum absolute atomic E-state index is 0.104. The molecule has 0 saturated carbocycles. The molecule has 0 aliphatic carbocycles. The molecule has 3 aliphatic rings. The van der Waals surface area contributed by atoms with Crippen molar-refractivity contribution in [2.24, 2.45) is 0 Å². The lowest BCUT2D eigenvalue weighted by Gasteiger charge is -2.46. The second kappa shape index (κ2) is 19.8. The van der Waals surface area contributed by atoms with Gasteiger partial charge in [0.25, 0.3) is 0 Å². The largest absolute Gasteiger partial charge is 0.394 e. The van der Waals surface area contributed by atoms with Crippen LogP contribution in [0.2, 0.25) is 0 Å². The second-order valence-electron chi connectivity index (χ2n) is 12.4. The van der Waals surface area contributed by atoms with Crippen molar-refractivity contribution in [2.75, 3.05) is 46.1 Å². The lowest BCUT2D eigenvalue weighted by Crippen LogP contribution is -2.64. The van der Waals surface area contributed by atoms with E-state index in [-0.39, 0.29) is 26.3 Å². The third-order valence-electron chi connectivity index (χ3n) is 8.76. The fourth-order valence-electron chi connectivity index (χ4n) is 5.57. The molecular weight excluding hydrogens is 670 g/mol. The van der Waals surface area contributed by atoms with Gasteiger partial charge >= 0.3 is 0 Å². The molecule has 3 fully saturated rings. The Morgan fingerprint density at radius 1 is 0.633 bits per heavy atom. The van der Waals surface area contributed by atoms with Gasteiger partial charge < -0.3 is 105 Å². The average Bonchev–Trinajstić information content (AvgIpc) is 3.09. The lowest BCUT2D eigenvalue weighted by atomic mass is 9.94. The molecule has 0 bridgehead atoms. The lowest BCUT2D eigenvalue weighted by molar-refractivity contribution is -0.346. The number of hydrogen-bond donors (Lipinski definition) is 15. The number of aliphatic hydroxyl groups is 14. The molecule has 0 amide bonds. The Bertz CT molecular complexity index is 941. The number of ether oxygens (including phenoxy) is 6. The summed E-state index contributed by atoms with van der Waals surface area (Å²) < 4.78 is 33.2. The van der Waals surface area contributed by atoms with Gasteiger partial charge in [-0.15, -0.1) is 0 Å². The van der Waals surface area contributed by atoms with Crippen LogP contribution >= 0.6 is 0 Å². The summed E-state index contributed by atoms with van der Waals surface area (Å²) in [6, 6.07) is 0. The molecule has 3 heterocycles. The molecule has 3 aliphatic heterocycles. The molecule has 3 saturated heterocycles. The van der Waals surface area contributed by atoms with Crippen LogP contribution in [0.5, 0.6) is 0 Å². The third kappa shape index (κ3) is 10.8. The zero-order chi connectivity index (χ0) is 36.6. The highest BCUT2D eigenvalue weighted by Gasteiger charge is 2.51. The minimum Gasteiger partial charge on any atom is -0.394 e. The number of hydrogen-bond acceptors (Lipinski definition) is 21. The molecule has 290 valence electrons. The van der Waals surface area contributed by atoms with E-state index in [0.29, 0.717) is 6.42 Å². The zero-order valence-electron chi connectivity index (χ0n) is 26.8. The summed E-state index contributed by atoms with van der Waals surface area (Å²) in [5, 5.41) is 143. The Labute approximate surface area is 281 Å². The maximum absolute atomic E-state index is 11.0. The van der Waals surface area contributed by atoms with Gasteiger partial charge in [0.2, 0.25) is 0 Å². The predicted octanol–water partition coefficient (Wildman–Crippen LogP) is -9.06. The monoisotopic (exact) mass is 723 g/mol. The smallest absolute Gasteiger partial charge is 0.187 e. The van der Waals surface area contributed by atoms with Crippen LogP contribution in [0.4, 0.5) is 0 Å². The first-order chi connectivity index (χ1) is 23.1. The van der Waals surface area contributed by atoms with E-state index in [1.165, 1.54) is 6.92 Å². The molecule has 21 heteroatoms. The molecule has 3 rings (SSSR count). The van der Waals surface area contributed by atoms with Crippen LogP contribution in [0.1, 0.15) is 13.3 Å². The van der Waals surface area contributed by atoms with Crippen molar-refractivity contribution in [3.05, 3.63) is 0 Å². The molecule has 21 nitrogen and oxygen atoms in total. The maximum Gasteiger partial charge on any atom is 0.187 e. The third-order valence-corrected chi connectivity index (χ3v) is 8.76. The van der Waals surface area contributed by atoms with Crippen LogP contribution < -0.4 is 5.32 Å². The van der Waals surface area contributed by atoms with Crippen molar-refractivity contribution in [3.63, 3.8) is 0 Å². The molecule has 0 aromatic carbocycles. The quantitative estimate of drug-likeness (QED) is 0.0584. The van der Waals surface area contributed by atoms with Crippen molar-refractivity contribution in [1.29, 1.82) is 0 Å². The predicted molar refractivity (Wildman–Crippen MR) is 157 cm³/mol. The van der Waals surface area contributed by atoms with E-state index in [2.05, 4.69) is 5.32 Å². The van der Waals surface area contributed by atoms with Crippen molar-refractivity contribution in [3.8, 4) is 0 Å². The van der Waals surface area contributed by atoms with Crippen LogP contribution in [0.25, 0.3) is 0 Å². The minimum atomic E-state index is -1.81. The van der Waals surface area contributed by atoms with Gasteiger partial charge in [0.1, 0.15) is 91.6 Å². The van der Waals surface area contributed by atoms with E-state index in [1.54, 1.807) is 0 Å². The zero-order valence-corrected chi connectivity index (χ0v) is 26.8. The van der Waals surface area contributed by atoms with Crippen LogP contribution in [-0.2, 0) is 28.4 Å². The normalized spacial score (nSPS) is 42.8. The Kier molecular flexibility index (Phi) is 17.2. The Morgan fingerprint density at radius 2 is 1.20 bits per heavy atom. The van der Waals surface area contributed by atoms with Gasteiger partial charge in [0, 0.05) is 13.2 Å². The summed E-state index contributed by atoms with van der Waals surface area (Å²) in [6.45, 7) is -0.593. The van der Waals surface area contributed by atoms with Crippen molar-refractivity contribution >= 4 is 0 Å². The number of nitrogens with one attached hydrogen (secondary N) is 1. The maximum atomic E-state index is 11.0. The van der Waals surface area contributed by atoms with Gasteiger partial charge in [-0.25, -0.2) is 0 Å². The summed E-state index contributed by atoms with van der Waals surface area (Å²) >= 11 is 0. The molecule has 0 spiro atoms. The van der Waals surface area contributed by atoms with Gasteiger partial charge in [-0.1, -0.05) is 0 Å². The van der Waals surface area contributed by atoms with E-state index < -0.39 is 136 Å². The van der Waals surface area contributed by atoms with Gasteiger partial charge in [-0.3, -0.25) is 0 Å². The summed E-state index contributed by atoms with van der Waals surface area (Å²) in [5.41, 5.74) is 0. The highest BCUT2D eigenvalue weighted by Crippen LogP contribution is 2.30. The van der Waals surface area contributed by atoms with Crippen molar-refractivity contribution in [2.45, 2.75) is 130 Å². The van der Waals surface area contributed by atoms with E-state index >= 15 is 0 Å². The summed E-state index contributed by atoms with van der Waals surface area (Å²) in [7, 11) is 0. The first-order valence-corrected chi connectivity index (χ1v) is 16.0. The van der Waals surface area contributed by atoms with E-state index in [9.17, 15) is 66.4 Å². The highest BCUT2D eigenvalue weighted by atomic mass is 16.7. The van der Waals surface area contributed by atoms with Crippen molar-refractivity contribution < 1.29 is 99.9 Å². The Balaban J connectivity index is 1.46. The van der Waals surface area contributed by atoms with Gasteiger partial charge in [-0.2, -0.15) is 0 Å². The first kappa shape index (κ1) is 42.6. The molecule has 0 aromatic rings. The highest BCUT2D eigenvalue weighted by molar-refractivity contribution is 4.96. The SMILES string of the molecule is CC1OC(COC2OC(COCCCNC[C@@H](O)[C@@H](O)[C@H](O)[C@H](O)CO)C(O)C(O)C2O)C(O)C(OC2OC(CO)C(O)C(O)C2O)C1O. The Hall–Kier alpha value is -0.840. The standard InChI is InChI=1S/C28H53NO20/c1-10-16(34)26(49-28-25(43)22(40)19(37)13(7-31)47-28)21(39)15(46-10)9-45-27-24(42)23(41)20(38)14(48-27)8-44-4-2-3-29-5-11(32)17(35)18(36)12(33)6-30/h10-43H,2-9H2,1H3/t10?,11-,12-,13?,14?,15?,16?,17-,18-,19?,20?,21?,22?,23?,24?,25?,26?,27?,28?/m1/s1. The summed E-state index contributed by atoms with van der Waals surface area (Å²) in [4.78, 5) is 0. The van der Waals surface area contributed by atoms with E-state index in [0.717, 1.165) is 0 Å². The van der Waals surface area contributed by atoms with Crippen LogP contribution in [0.15, 0.2) is 0 Å². The number of rotatable bonds is 18. The fraction of sp³-hybridized carbons (Fsp3) is 1.00. The van der Waals surface area contributed by atoms with Crippen LogP contribution in [-0.4, -0.2) is 234 Å². The van der Waals surface area contributed by atoms with Gasteiger partial charge in [0.15, 0.2) is 12.6 Å². The van der Waals surface area contributed by atoms with Gasteiger partial charge in [-0.05, 0) is 19.9 Å². The van der Waals surface area contributed by atoms with Crippen LogP contribution in [0.3, 0.4) is 0 Å². The molecule has 0 radical (unpaired) electrons. The molecule has 49 heavy (non-hydrogen) atoms. The topological polar surface area (TPSA) is 351 Å². The first-order valence-electron chi connectivity index (χ1n) is 16.0. The van der Waals surface area contributed by atoms with Crippen molar-refractivity contribution in [1.82, 2.24) is 5.32 Å². The number of aliphatic hydroxyl groups excluding tert-OH is 14. The average molecular weight is 724 g/mol.